The van der Waals surface area contributed by atoms with Crippen molar-refractivity contribution >= 4 is 5.78 Å². The van der Waals surface area contributed by atoms with Gasteiger partial charge in [-0.05, 0) is 24.8 Å². The van der Waals surface area contributed by atoms with Crippen LogP contribution in [0.5, 0.6) is 0 Å². The minimum Gasteiger partial charge on any atom is -0.347 e. The highest BCUT2D eigenvalue weighted by atomic mass is 16.7. The van der Waals surface area contributed by atoms with Crippen LogP contribution in [-0.4, -0.2) is 24.8 Å². The molecule has 1 aromatic carbocycles. The van der Waals surface area contributed by atoms with Gasteiger partial charge in [-0.25, -0.2) is 0 Å². The number of hydrogen-bond acceptors (Lipinski definition) is 3. The fourth-order valence-electron chi connectivity index (χ4n) is 4.08. The maximum atomic E-state index is 12.7. The Labute approximate surface area is 112 Å². The van der Waals surface area contributed by atoms with Crippen molar-refractivity contribution in [2.75, 3.05) is 13.2 Å². The van der Waals surface area contributed by atoms with Gasteiger partial charge >= 0.3 is 0 Å². The number of carbonyl (C=O) groups is 1. The number of ketones is 1. The zero-order valence-electron chi connectivity index (χ0n) is 10.9. The van der Waals surface area contributed by atoms with E-state index in [1.165, 1.54) is 0 Å². The lowest BCUT2D eigenvalue weighted by molar-refractivity contribution is -0.221. The molecule has 4 rings (SSSR count). The van der Waals surface area contributed by atoms with Crippen LogP contribution in [-0.2, 0) is 15.9 Å². The number of fused-ring (bicyclic) bond motifs is 3. The van der Waals surface area contributed by atoms with Crippen molar-refractivity contribution in [3.05, 3.63) is 35.4 Å². The average molecular weight is 258 g/mol. The Morgan fingerprint density at radius 3 is 2.79 bits per heavy atom. The monoisotopic (exact) mass is 258 g/mol. The third kappa shape index (κ3) is 1.61. The number of benzene rings is 1. The molecule has 3 heteroatoms. The summed E-state index contributed by atoms with van der Waals surface area (Å²) in [6.07, 6.45) is 3.84. The summed E-state index contributed by atoms with van der Waals surface area (Å²) in [5.74, 6) is 0.101. The quantitative estimate of drug-likeness (QED) is 0.717. The van der Waals surface area contributed by atoms with Gasteiger partial charge in [-0.2, -0.15) is 0 Å². The van der Waals surface area contributed by atoms with Gasteiger partial charge in [-0.3, -0.25) is 4.79 Å². The molecule has 0 unspecified atom stereocenters. The van der Waals surface area contributed by atoms with Crippen LogP contribution < -0.4 is 0 Å². The van der Waals surface area contributed by atoms with Crippen molar-refractivity contribution in [3.63, 3.8) is 0 Å². The Balaban J connectivity index is 1.77. The summed E-state index contributed by atoms with van der Waals surface area (Å²) in [5, 5.41) is 0. The first-order chi connectivity index (χ1) is 9.30. The van der Waals surface area contributed by atoms with Gasteiger partial charge in [-0.1, -0.05) is 24.3 Å². The SMILES string of the molecule is O=C1c2ccccc2C[C@H]2[C@H]1CCCC21OCCO1. The summed E-state index contributed by atoms with van der Waals surface area (Å²) in [6, 6.07) is 8.00. The van der Waals surface area contributed by atoms with E-state index in [0.717, 1.165) is 36.8 Å². The highest BCUT2D eigenvalue weighted by molar-refractivity contribution is 6.00. The molecule has 1 aromatic rings. The lowest BCUT2D eigenvalue weighted by atomic mass is 9.65. The van der Waals surface area contributed by atoms with Crippen molar-refractivity contribution in [1.82, 2.24) is 0 Å². The van der Waals surface area contributed by atoms with Crippen molar-refractivity contribution in [1.29, 1.82) is 0 Å². The average Bonchev–Trinajstić information content (AvgIpc) is 2.90. The Morgan fingerprint density at radius 2 is 1.95 bits per heavy atom. The minimum atomic E-state index is -0.480. The molecule has 0 aromatic heterocycles. The second-order valence-corrected chi connectivity index (χ2v) is 5.84. The predicted molar refractivity (Wildman–Crippen MR) is 69.9 cm³/mol. The van der Waals surface area contributed by atoms with Crippen LogP contribution in [0.3, 0.4) is 0 Å². The van der Waals surface area contributed by atoms with Gasteiger partial charge in [-0.15, -0.1) is 0 Å². The molecule has 0 bridgehead atoms. The molecule has 19 heavy (non-hydrogen) atoms. The molecule has 0 amide bonds. The standard InChI is InChI=1S/C16H18O3/c17-15-12-5-2-1-4-11(12)10-14-13(15)6-3-7-16(14)18-8-9-19-16/h1-2,4-5,13-14H,3,6-10H2/t13-,14+/m1/s1. The molecule has 1 heterocycles. The van der Waals surface area contributed by atoms with Crippen molar-refractivity contribution in [2.45, 2.75) is 31.5 Å². The van der Waals surface area contributed by atoms with E-state index >= 15 is 0 Å². The van der Waals surface area contributed by atoms with Gasteiger partial charge in [0.1, 0.15) is 0 Å². The van der Waals surface area contributed by atoms with Crippen LogP contribution in [0.2, 0.25) is 0 Å². The Hall–Kier alpha value is -1.19. The smallest absolute Gasteiger partial charge is 0.172 e. The van der Waals surface area contributed by atoms with Gasteiger partial charge in [0.2, 0.25) is 0 Å². The first kappa shape index (κ1) is 11.6. The maximum absolute atomic E-state index is 12.7. The summed E-state index contributed by atoms with van der Waals surface area (Å²) in [7, 11) is 0. The maximum Gasteiger partial charge on any atom is 0.172 e. The van der Waals surface area contributed by atoms with E-state index in [1.807, 2.05) is 18.2 Å². The highest BCUT2D eigenvalue weighted by Crippen LogP contribution is 2.48. The number of hydrogen-bond donors (Lipinski definition) is 0. The Bertz CT molecular complexity index is 516. The van der Waals surface area contributed by atoms with Crippen molar-refractivity contribution < 1.29 is 14.3 Å². The molecular weight excluding hydrogens is 240 g/mol. The van der Waals surface area contributed by atoms with Crippen molar-refractivity contribution in [3.8, 4) is 0 Å². The van der Waals surface area contributed by atoms with E-state index in [0.29, 0.717) is 19.0 Å². The topological polar surface area (TPSA) is 35.5 Å². The Morgan fingerprint density at radius 1 is 1.16 bits per heavy atom. The second-order valence-electron chi connectivity index (χ2n) is 5.84. The molecular formula is C16H18O3. The van der Waals surface area contributed by atoms with E-state index in [-0.39, 0.29) is 11.8 Å². The molecule has 0 radical (unpaired) electrons. The summed E-state index contributed by atoms with van der Waals surface area (Å²) >= 11 is 0. The van der Waals surface area contributed by atoms with Gasteiger partial charge < -0.3 is 9.47 Å². The van der Waals surface area contributed by atoms with Gasteiger partial charge in [0.25, 0.3) is 0 Å². The molecule has 3 aliphatic rings. The van der Waals surface area contributed by atoms with E-state index in [2.05, 4.69) is 6.07 Å². The fraction of sp³-hybridized carbons (Fsp3) is 0.562. The molecule has 0 N–H and O–H groups in total. The van der Waals surface area contributed by atoms with E-state index < -0.39 is 5.79 Å². The van der Waals surface area contributed by atoms with Crippen LogP contribution in [0, 0.1) is 11.8 Å². The number of rotatable bonds is 0. The zero-order valence-corrected chi connectivity index (χ0v) is 10.9. The van der Waals surface area contributed by atoms with Crippen LogP contribution in [0.4, 0.5) is 0 Å². The summed E-state index contributed by atoms with van der Waals surface area (Å²) in [5.41, 5.74) is 2.08. The zero-order chi connectivity index (χ0) is 12.9. The molecule has 2 aliphatic carbocycles. The molecule has 100 valence electrons. The third-order valence-electron chi connectivity index (χ3n) is 4.93. The number of carbonyl (C=O) groups excluding carboxylic acids is 1. The van der Waals surface area contributed by atoms with Crippen LogP contribution in [0.15, 0.2) is 24.3 Å². The molecule has 1 spiro atoms. The molecule has 1 saturated carbocycles. The third-order valence-corrected chi connectivity index (χ3v) is 4.93. The summed E-state index contributed by atoms with van der Waals surface area (Å²) < 4.78 is 11.9. The summed E-state index contributed by atoms with van der Waals surface area (Å²) in [6.45, 7) is 1.33. The lowest BCUT2D eigenvalue weighted by Gasteiger charge is -2.46. The highest BCUT2D eigenvalue weighted by Gasteiger charge is 2.53. The van der Waals surface area contributed by atoms with Gasteiger partial charge in [0.15, 0.2) is 11.6 Å². The van der Waals surface area contributed by atoms with Gasteiger partial charge in [0.05, 0.1) is 13.2 Å². The number of Topliss-reactive ketones (excluding diaryl/α,β-unsaturated/α-hetero) is 1. The molecule has 3 nitrogen and oxygen atoms in total. The molecule has 2 atom stereocenters. The van der Waals surface area contributed by atoms with Crippen molar-refractivity contribution in [2.24, 2.45) is 11.8 Å². The van der Waals surface area contributed by atoms with Crippen LogP contribution in [0.1, 0.15) is 35.2 Å². The normalized spacial score (nSPS) is 32.1. The fourth-order valence-corrected chi connectivity index (χ4v) is 4.08. The van der Waals surface area contributed by atoms with E-state index in [1.54, 1.807) is 0 Å². The first-order valence-corrected chi connectivity index (χ1v) is 7.20. The Kier molecular flexibility index (Phi) is 2.54. The van der Waals surface area contributed by atoms with Crippen LogP contribution in [0.25, 0.3) is 0 Å². The predicted octanol–water partition coefficient (Wildman–Crippen LogP) is 2.58. The first-order valence-electron chi connectivity index (χ1n) is 7.20. The molecule has 1 saturated heterocycles. The molecule has 2 fully saturated rings. The van der Waals surface area contributed by atoms with Gasteiger partial charge in [0, 0.05) is 23.8 Å². The number of ether oxygens (including phenoxy) is 2. The van der Waals surface area contributed by atoms with Crippen LogP contribution >= 0.6 is 0 Å². The largest absolute Gasteiger partial charge is 0.347 e. The second kappa shape index (κ2) is 4.15. The van der Waals surface area contributed by atoms with E-state index in [4.69, 9.17) is 9.47 Å². The minimum absolute atomic E-state index is 0.0850. The lowest BCUT2D eigenvalue weighted by Crippen LogP contribution is -2.51. The van der Waals surface area contributed by atoms with E-state index in [9.17, 15) is 4.79 Å². The molecule has 1 aliphatic heterocycles. The summed E-state index contributed by atoms with van der Waals surface area (Å²) in [4.78, 5) is 12.7.